The van der Waals surface area contributed by atoms with Crippen molar-refractivity contribution in [2.45, 2.75) is 25.4 Å². The average molecular weight is 448 g/mol. The molecule has 1 heterocycles. The van der Waals surface area contributed by atoms with Crippen LogP contribution >= 0.6 is 0 Å². The van der Waals surface area contributed by atoms with Crippen molar-refractivity contribution in [2.24, 2.45) is 7.05 Å². The van der Waals surface area contributed by atoms with E-state index in [0.717, 1.165) is 22.3 Å². The predicted molar refractivity (Wildman–Crippen MR) is 120 cm³/mol. The van der Waals surface area contributed by atoms with Crippen molar-refractivity contribution in [2.75, 3.05) is 6.61 Å². The van der Waals surface area contributed by atoms with E-state index in [1.54, 1.807) is 7.05 Å². The first-order valence-electron chi connectivity index (χ1n) is 10.5. The summed E-state index contributed by atoms with van der Waals surface area (Å²) in [6, 6.07) is 15.1. The lowest BCUT2D eigenvalue weighted by Crippen LogP contribution is -2.39. The van der Waals surface area contributed by atoms with Crippen LogP contribution < -0.4 is 10.6 Å². The summed E-state index contributed by atoms with van der Waals surface area (Å²) in [6.07, 6.45) is 0.710. The Morgan fingerprint density at radius 1 is 1.09 bits per heavy atom. The third-order valence-electron chi connectivity index (χ3n) is 5.77. The van der Waals surface area contributed by atoms with Crippen molar-refractivity contribution in [3.8, 4) is 11.1 Å². The van der Waals surface area contributed by atoms with Gasteiger partial charge in [-0.3, -0.25) is 14.3 Å². The number of carboxylic acids is 1. The molecule has 4 rings (SSSR count). The highest BCUT2D eigenvalue weighted by Crippen LogP contribution is 2.44. The molecule has 170 valence electrons. The van der Waals surface area contributed by atoms with Crippen LogP contribution in [0.1, 0.15) is 40.0 Å². The number of fused-ring (bicyclic) bond motifs is 3. The number of carbonyl (C=O) groups is 3. The highest BCUT2D eigenvalue weighted by atomic mass is 16.5. The van der Waals surface area contributed by atoms with Gasteiger partial charge in [-0.2, -0.15) is 5.10 Å². The summed E-state index contributed by atoms with van der Waals surface area (Å²) in [5, 5.41) is 18.1. The van der Waals surface area contributed by atoms with Crippen LogP contribution in [0.4, 0.5) is 4.79 Å². The van der Waals surface area contributed by atoms with Crippen molar-refractivity contribution in [3.05, 3.63) is 77.1 Å². The minimum absolute atomic E-state index is 0.00260. The molecule has 0 saturated heterocycles. The molecule has 0 aliphatic heterocycles. The first kappa shape index (κ1) is 22.1. The Balaban J connectivity index is 1.39. The minimum Gasteiger partial charge on any atom is -0.480 e. The van der Waals surface area contributed by atoms with E-state index in [2.05, 4.69) is 27.9 Å². The van der Waals surface area contributed by atoms with Crippen LogP contribution in [0.15, 0.2) is 54.7 Å². The second kappa shape index (κ2) is 9.15. The van der Waals surface area contributed by atoms with Crippen LogP contribution in [-0.4, -0.2) is 45.5 Å². The maximum atomic E-state index is 12.4. The van der Waals surface area contributed by atoms with Crippen molar-refractivity contribution in [1.29, 1.82) is 0 Å². The number of aliphatic carboxylic acids is 1. The molecule has 1 aliphatic carbocycles. The Morgan fingerprint density at radius 3 is 2.30 bits per heavy atom. The molecular formula is C24H24N4O5. The van der Waals surface area contributed by atoms with E-state index in [1.165, 1.54) is 17.8 Å². The van der Waals surface area contributed by atoms with Gasteiger partial charge < -0.3 is 20.5 Å². The lowest BCUT2D eigenvalue weighted by molar-refractivity contribution is -0.138. The van der Waals surface area contributed by atoms with Gasteiger partial charge in [0.25, 0.3) is 5.91 Å². The number of rotatable bonds is 7. The summed E-state index contributed by atoms with van der Waals surface area (Å²) in [5.41, 5.74) is 5.13. The highest BCUT2D eigenvalue weighted by Gasteiger charge is 2.29. The number of carboxylic acid groups (broad SMARTS) is 1. The quantitative estimate of drug-likeness (QED) is 0.511. The van der Waals surface area contributed by atoms with E-state index in [4.69, 9.17) is 9.84 Å². The summed E-state index contributed by atoms with van der Waals surface area (Å²) in [5.74, 6) is -1.79. The van der Waals surface area contributed by atoms with Gasteiger partial charge in [-0.1, -0.05) is 48.5 Å². The fourth-order valence-electron chi connectivity index (χ4n) is 4.00. The molecule has 9 nitrogen and oxygen atoms in total. The molecule has 1 aromatic heterocycles. The number of aromatic nitrogens is 2. The van der Waals surface area contributed by atoms with E-state index in [1.807, 2.05) is 36.4 Å². The van der Waals surface area contributed by atoms with Crippen LogP contribution in [-0.2, 0) is 23.1 Å². The molecule has 3 N–H and O–H groups in total. The molecule has 1 atom stereocenters. The number of nitrogens with zero attached hydrogens (tertiary/aromatic N) is 2. The van der Waals surface area contributed by atoms with Crippen molar-refractivity contribution in [1.82, 2.24) is 20.4 Å². The SMILES string of the molecule is C[C@H](NC(=O)c1cnn(C)c1CNC(=O)OCC1c2ccccc2-c2ccccc21)C(=O)O. The molecular weight excluding hydrogens is 424 g/mol. The largest absolute Gasteiger partial charge is 0.480 e. The van der Waals surface area contributed by atoms with E-state index in [9.17, 15) is 14.4 Å². The summed E-state index contributed by atoms with van der Waals surface area (Å²) in [7, 11) is 1.63. The molecule has 2 amide bonds. The number of benzene rings is 2. The Hall–Kier alpha value is -4.14. The number of aryl methyl sites for hydroxylation is 1. The van der Waals surface area contributed by atoms with E-state index in [-0.39, 0.29) is 24.6 Å². The standard InChI is InChI=1S/C24H24N4O5/c1-14(23(30)31)27-22(29)19-11-26-28(2)21(19)12-25-24(32)33-13-20-17-9-5-3-7-15(17)16-8-4-6-10-18(16)20/h3-11,14,20H,12-13H2,1-2H3,(H,25,32)(H,27,29)(H,30,31)/t14-/m0/s1. The number of carbonyl (C=O) groups excluding carboxylic acids is 2. The monoisotopic (exact) mass is 448 g/mol. The molecule has 2 aromatic carbocycles. The van der Waals surface area contributed by atoms with Crippen LogP contribution in [0.5, 0.6) is 0 Å². The Bertz CT molecular complexity index is 1170. The van der Waals surface area contributed by atoms with E-state index < -0.39 is 24.0 Å². The lowest BCUT2D eigenvalue weighted by Gasteiger charge is -2.15. The Kier molecular flexibility index (Phi) is 6.12. The normalized spacial score (nSPS) is 13.0. The van der Waals surface area contributed by atoms with Gasteiger partial charge >= 0.3 is 12.1 Å². The van der Waals surface area contributed by atoms with Gasteiger partial charge in [0.15, 0.2) is 0 Å². The molecule has 0 fully saturated rings. The number of amides is 2. The molecule has 1 aliphatic rings. The first-order valence-corrected chi connectivity index (χ1v) is 10.5. The van der Waals surface area contributed by atoms with Gasteiger partial charge in [-0.05, 0) is 29.2 Å². The number of alkyl carbamates (subject to hydrolysis) is 1. The van der Waals surface area contributed by atoms with Crippen LogP contribution in [0.2, 0.25) is 0 Å². The fourth-order valence-corrected chi connectivity index (χ4v) is 4.00. The zero-order valence-electron chi connectivity index (χ0n) is 18.2. The van der Waals surface area contributed by atoms with Crippen molar-refractivity contribution >= 4 is 18.0 Å². The molecule has 0 spiro atoms. The maximum Gasteiger partial charge on any atom is 0.407 e. The van der Waals surface area contributed by atoms with Crippen molar-refractivity contribution < 1.29 is 24.2 Å². The second-order valence-electron chi connectivity index (χ2n) is 7.84. The number of nitrogens with one attached hydrogen (secondary N) is 2. The predicted octanol–water partition coefficient (Wildman–Crippen LogP) is 2.66. The minimum atomic E-state index is -1.15. The Morgan fingerprint density at radius 2 is 1.70 bits per heavy atom. The van der Waals surface area contributed by atoms with Gasteiger partial charge in [0, 0.05) is 13.0 Å². The van der Waals surface area contributed by atoms with Gasteiger partial charge in [0.2, 0.25) is 0 Å². The van der Waals surface area contributed by atoms with E-state index in [0.29, 0.717) is 5.69 Å². The lowest BCUT2D eigenvalue weighted by atomic mass is 9.98. The highest BCUT2D eigenvalue weighted by molar-refractivity contribution is 5.97. The van der Waals surface area contributed by atoms with Crippen molar-refractivity contribution in [3.63, 3.8) is 0 Å². The molecule has 0 bridgehead atoms. The van der Waals surface area contributed by atoms with Crippen LogP contribution in [0, 0.1) is 0 Å². The summed E-state index contributed by atoms with van der Waals surface area (Å²) in [4.78, 5) is 35.8. The average Bonchev–Trinajstić information content (AvgIpc) is 3.33. The molecule has 3 aromatic rings. The zero-order chi connectivity index (χ0) is 23.5. The van der Waals surface area contributed by atoms with Gasteiger partial charge in [0.1, 0.15) is 12.6 Å². The fraction of sp³-hybridized carbons (Fsp3) is 0.250. The van der Waals surface area contributed by atoms with Gasteiger partial charge in [0.05, 0.1) is 24.0 Å². The molecule has 0 radical (unpaired) electrons. The molecule has 0 unspecified atom stereocenters. The maximum absolute atomic E-state index is 12.4. The van der Waals surface area contributed by atoms with Gasteiger partial charge in [-0.15, -0.1) is 0 Å². The topological polar surface area (TPSA) is 123 Å². The van der Waals surface area contributed by atoms with Gasteiger partial charge in [-0.25, -0.2) is 4.79 Å². The summed E-state index contributed by atoms with van der Waals surface area (Å²) >= 11 is 0. The third-order valence-corrected chi connectivity index (χ3v) is 5.77. The van der Waals surface area contributed by atoms with E-state index >= 15 is 0 Å². The second-order valence-corrected chi connectivity index (χ2v) is 7.84. The number of hydrogen-bond acceptors (Lipinski definition) is 5. The molecule has 33 heavy (non-hydrogen) atoms. The van der Waals surface area contributed by atoms with Crippen LogP contribution in [0.3, 0.4) is 0 Å². The molecule has 9 heteroatoms. The first-order chi connectivity index (χ1) is 15.9. The Labute approximate surface area is 190 Å². The smallest absolute Gasteiger partial charge is 0.407 e. The third kappa shape index (κ3) is 4.43. The summed E-state index contributed by atoms with van der Waals surface area (Å²) < 4.78 is 6.96. The molecule has 0 saturated carbocycles. The number of ether oxygens (including phenoxy) is 1. The zero-order valence-corrected chi connectivity index (χ0v) is 18.2. The van der Waals surface area contributed by atoms with Crippen LogP contribution in [0.25, 0.3) is 11.1 Å². The number of hydrogen-bond donors (Lipinski definition) is 3. The summed E-state index contributed by atoms with van der Waals surface area (Å²) in [6.45, 7) is 1.54.